The Balaban J connectivity index is -0.000000165. The van der Waals surface area contributed by atoms with Crippen LogP contribution < -0.4 is 18.9 Å². The van der Waals surface area contributed by atoms with Crippen LogP contribution in [-0.4, -0.2) is 42.0 Å². The summed E-state index contributed by atoms with van der Waals surface area (Å²) in [5, 5.41) is 2.43. The van der Waals surface area contributed by atoms with Crippen molar-refractivity contribution >= 4 is 10.8 Å². The first-order valence-electron chi connectivity index (χ1n) is 43.9. The van der Waals surface area contributed by atoms with Gasteiger partial charge in [-0.15, -0.1) is 0 Å². The van der Waals surface area contributed by atoms with Crippen LogP contribution in [0.25, 0.3) is 10.8 Å². The first-order chi connectivity index (χ1) is 53.3. The molecule has 0 saturated heterocycles. The number of hydrogen-bond donors (Lipinski definition) is 0. The van der Waals surface area contributed by atoms with Gasteiger partial charge < -0.3 is 28.4 Å². The first kappa shape index (κ1) is 134. The van der Waals surface area contributed by atoms with Gasteiger partial charge in [0.15, 0.2) is 36.9 Å². The minimum atomic E-state index is -2.13. The minimum Gasteiger partial charge on any atom is -0.497 e. The van der Waals surface area contributed by atoms with Crippen molar-refractivity contribution in [2.24, 2.45) is 59.6 Å². The van der Waals surface area contributed by atoms with Gasteiger partial charge in [-0.3, -0.25) is 0 Å². The predicted molar refractivity (Wildman–Crippen MR) is 537 cm³/mol. The number of halogens is 5. The fourth-order valence-electron chi connectivity index (χ4n) is 6.80. The fourth-order valence-corrected chi connectivity index (χ4v) is 6.80. The van der Waals surface area contributed by atoms with E-state index in [1.54, 1.807) is 28.4 Å². The molecule has 6 nitrogen and oxygen atoms in total. The molecule has 0 saturated carbocycles. The molecule has 6 aromatic carbocycles. The number of hydrogen-bond acceptors (Lipinski definition) is 6. The molecule has 0 radical (unpaired) electrons. The maximum Gasteiger partial charge on any atom is 0.200 e. The molecule has 0 fully saturated rings. The molecule has 0 heterocycles. The van der Waals surface area contributed by atoms with Crippen molar-refractivity contribution in [3.05, 3.63) is 166 Å². The quantitative estimate of drug-likeness (QED) is 0.0622. The summed E-state index contributed by atoms with van der Waals surface area (Å²) < 4.78 is 95.2. The van der Waals surface area contributed by atoms with E-state index in [1.165, 1.54) is 53.8 Å². The van der Waals surface area contributed by atoms with Crippen LogP contribution in [0.2, 0.25) is 0 Å². The third-order valence-electron chi connectivity index (χ3n) is 10.9. The van der Waals surface area contributed by atoms with E-state index >= 15 is 0 Å². The predicted octanol–water partition coefficient (Wildman–Crippen LogP) is 37.6. The summed E-state index contributed by atoms with van der Waals surface area (Å²) in [5.74, 6) is -5.93. The maximum absolute atomic E-state index is 13.2. The van der Waals surface area contributed by atoms with Crippen LogP contribution in [0.4, 0.5) is 22.0 Å². The van der Waals surface area contributed by atoms with Crippen molar-refractivity contribution < 1.29 is 50.4 Å². The lowest BCUT2D eigenvalue weighted by molar-refractivity contribution is 0.0510. The topological polar surface area (TPSA) is 55.4 Å². The van der Waals surface area contributed by atoms with Gasteiger partial charge in [0, 0.05) is 19.8 Å². The summed E-state index contributed by atoms with van der Waals surface area (Å²) in [7, 11) is 6.62. The SMILES string of the molecule is CC(C)(C)C.CC(C)(C)C.CC(C)(C)C.CC(C)(C)C.CC(C)(C)C.CC(C)(C)C.CC(C)(C)C.CC(C)(C)C.CC(C)(C)C.CC(C)(C)C.CC(C)(C)c1c(F)c(F)c(F)c(F)c1F.COCOc1ccc(C(C)(C)C)cc1.COCOc1ccc2cc(C(C)(C)C)ccc2c1.COc1ccc(C(C)(C)C)cc1.COc1ccc(CC(C)(C)C)cc1. The van der Waals surface area contributed by atoms with Crippen molar-refractivity contribution in [1.82, 2.24) is 0 Å². The largest absolute Gasteiger partial charge is 0.497 e. The van der Waals surface area contributed by atoms with E-state index in [-0.39, 0.29) is 23.0 Å². The van der Waals surface area contributed by atoms with Crippen molar-refractivity contribution in [2.45, 2.75) is 409 Å². The van der Waals surface area contributed by atoms with Crippen LogP contribution in [0.15, 0.2) is 109 Å². The Morgan fingerprint density at radius 3 is 0.631 bits per heavy atom. The molecule has 6 rings (SSSR count). The van der Waals surface area contributed by atoms with E-state index in [2.05, 4.69) is 421 Å². The molecule has 0 aliphatic carbocycles. The molecule has 0 unspecified atom stereocenters. The Hall–Kier alpha value is -5.65. The van der Waals surface area contributed by atoms with Crippen LogP contribution in [-0.2, 0) is 37.6 Å². The van der Waals surface area contributed by atoms with E-state index in [0.29, 0.717) is 66.4 Å². The van der Waals surface area contributed by atoms with Crippen LogP contribution in [0.5, 0.6) is 23.0 Å². The summed E-state index contributed by atoms with van der Waals surface area (Å²) in [4.78, 5) is 0. The number of benzene rings is 6. The monoisotopic (exact) mass is 1730 g/mol. The van der Waals surface area contributed by atoms with Crippen LogP contribution in [0.3, 0.4) is 0 Å². The van der Waals surface area contributed by atoms with E-state index in [0.717, 1.165) is 29.4 Å². The van der Waals surface area contributed by atoms with E-state index in [9.17, 15) is 22.0 Å². The minimum absolute atomic E-state index is 0.180. The normalized spacial score (nSPS) is 11.8. The lowest BCUT2D eigenvalue weighted by atomic mass is 9.86. The van der Waals surface area contributed by atoms with E-state index in [4.69, 9.17) is 28.4 Å². The van der Waals surface area contributed by atoms with Crippen molar-refractivity contribution in [3.8, 4) is 23.0 Å². The number of rotatable bonds is 9. The van der Waals surface area contributed by atoms with E-state index in [1.807, 2.05) is 48.5 Å². The number of ether oxygens (including phenoxy) is 6. The molecular formula is C111H201F5O6. The van der Waals surface area contributed by atoms with Gasteiger partial charge in [0.25, 0.3) is 0 Å². The second kappa shape index (κ2) is 59.4. The molecule has 716 valence electrons. The van der Waals surface area contributed by atoms with Crippen molar-refractivity contribution in [2.75, 3.05) is 42.0 Å². The highest BCUT2D eigenvalue weighted by Gasteiger charge is 2.32. The van der Waals surface area contributed by atoms with Gasteiger partial charge in [-0.05, 0) is 169 Å². The van der Waals surface area contributed by atoms with Gasteiger partial charge in [-0.1, -0.05) is 441 Å². The first-order valence-corrected chi connectivity index (χ1v) is 43.9. The molecule has 0 aliphatic rings. The Bertz CT molecular complexity index is 3260. The number of fused-ring (bicyclic) bond motifs is 1. The zero-order valence-corrected chi connectivity index (χ0v) is 91.4. The Morgan fingerprint density at radius 2 is 0.410 bits per heavy atom. The van der Waals surface area contributed by atoms with Gasteiger partial charge in [-0.25, -0.2) is 22.0 Å². The van der Waals surface area contributed by atoms with E-state index < -0.39 is 40.1 Å². The second-order valence-corrected chi connectivity index (χ2v) is 52.6. The molecule has 11 heteroatoms. The molecule has 0 aromatic heterocycles. The molecular weight excluding hydrogens is 1520 g/mol. The van der Waals surface area contributed by atoms with Gasteiger partial charge in [0.2, 0.25) is 5.82 Å². The summed E-state index contributed by atoms with van der Waals surface area (Å²) >= 11 is 0. The average Bonchev–Trinajstić information content (AvgIpc) is 0.776. The van der Waals surface area contributed by atoms with Crippen LogP contribution in [0, 0.1) is 88.7 Å². The third kappa shape index (κ3) is 118. The number of methoxy groups -OCH3 is 4. The standard InChI is InChI=1S/C16H20O2.C12H18O2.C12H18O.C11H16O.C10H9F5.10C5H12/c1-16(2,3)14-7-5-13-10-15(18-11-17-4)8-6-12(13)9-14;1-12(2,3)10-5-7-11(8-6-10)14-9-13-4;1-12(2,3)9-10-5-7-11(13-4)8-6-10;1-11(2,3)9-5-7-10(12-4)8-6-9;1-10(2,3)4-5(11)7(13)9(15)8(14)6(4)12;10*1-5(2,3)4/h5-10H,11H2,1-4H3;5-8H,9H2,1-4H3;5-8H,9H2,1-4H3;5-8H,1-4H3;1-3H3;10*1-4H3. The second-order valence-electron chi connectivity index (χ2n) is 52.6. The van der Waals surface area contributed by atoms with Gasteiger partial charge in [0.1, 0.15) is 23.0 Å². The van der Waals surface area contributed by atoms with Gasteiger partial charge in [-0.2, -0.15) is 0 Å². The molecule has 0 amide bonds. The van der Waals surface area contributed by atoms with Gasteiger partial charge >= 0.3 is 0 Å². The lowest BCUT2D eigenvalue weighted by Gasteiger charge is -2.21. The highest BCUT2D eigenvalue weighted by Crippen LogP contribution is 2.34. The molecule has 122 heavy (non-hydrogen) atoms. The average molecular weight is 1730 g/mol. The third-order valence-corrected chi connectivity index (χ3v) is 10.9. The molecule has 0 spiro atoms. The summed E-state index contributed by atoms with van der Waals surface area (Å²) in [6, 6.07) is 37.3. The van der Waals surface area contributed by atoms with Crippen LogP contribution in [0.1, 0.15) is 409 Å². The molecule has 0 N–H and O–H groups in total. The molecule has 0 atom stereocenters. The highest BCUT2D eigenvalue weighted by atomic mass is 19.2. The van der Waals surface area contributed by atoms with Crippen molar-refractivity contribution in [1.29, 1.82) is 0 Å². The molecule has 0 aliphatic heterocycles. The lowest BCUT2D eigenvalue weighted by Crippen LogP contribution is -2.20. The zero-order valence-electron chi connectivity index (χ0n) is 91.4. The smallest absolute Gasteiger partial charge is 0.200 e. The van der Waals surface area contributed by atoms with Crippen molar-refractivity contribution in [3.63, 3.8) is 0 Å². The van der Waals surface area contributed by atoms with Crippen LogP contribution >= 0.6 is 0 Å². The zero-order chi connectivity index (χ0) is 99.8. The Kier molecular flexibility index (Phi) is 65.4. The molecule has 6 aromatic rings. The Morgan fingerprint density at radius 1 is 0.213 bits per heavy atom. The van der Waals surface area contributed by atoms with Gasteiger partial charge in [0.05, 0.1) is 14.2 Å². The fraction of sp³-hybridized carbons (Fsp3) is 0.694. The summed E-state index contributed by atoms with van der Waals surface area (Å²) in [5.41, 5.74) is 9.38. The molecule has 0 bridgehead atoms. The maximum atomic E-state index is 13.2. The Labute approximate surface area is 756 Å². The highest BCUT2D eigenvalue weighted by molar-refractivity contribution is 5.84. The summed E-state index contributed by atoms with van der Waals surface area (Å²) in [6.07, 6.45) is 1.11. The summed E-state index contributed by atoms with van der Waals surface area (Å²) in [6.45, 7) is 119.